The first-order valence-corrected chi connectivity index (χ1v) is 5.73. The molecule has 0 heterocycles. The van der Waals surface area contributed by atoms with Crippen LogP contribution in [-0.2, 0) is 14.8 Å². The standard InChI is InChI=1S/C7H10BNO4S/c1-14(11,12)9-13-8(10)7-5-3-2-4-6-7/h2-6,9-10H,1H3. The van der Waals surface area contributed by atoms with Gasteiger partial charge in [-0.25, -0.2) is 8.42 Å². The van der Waals surface area contributed by atoms with E-state index < -0.39 is 17.1 Å². The molecule has 7 heteroatoms. The van der Waals surface area contributed by atoms with Crippen LogP contribution in [0.1, 0.15) is 0 Å². The van der Waals surface area contributed by atoms with Crippen LogP contribution in [0.2, 0.25) is 0 Å². The van der Waals surface area contributed by atoms with E-state index in [1.165, 1.54) is 0 Å². The fourth-order valence-electron chi connectivity index (χ4n) is 0.819. The third kappa shape index (κ3) is 3.88. The molecule has 14 heavy (non-hydrogen) atoms. The van der Waals surface area contributed by atoms with Crippen molar-refractivity contribution in [3.63, 3.8) is 0 Å². The van der Waals surface area contributed by atoms with Gasteiger partial charge in [-0.2, -0.15) is 0 Å². The van der Waals surface area contributed by atoms with Gasteiger partial charge in [0.25, 0.3) is 0 Å². The molecule has 2 N–H and O–H groups in total. The lowest BCUT2D eigenvalue weighted by molar-refractivity contribution is 0.229. The zero-order valence-corrected chi connectivity index (χ0v) is 8.36. The summed E-state index contributed by atoms with van der Waals surface area (Å²) in [6, 6.07) is 8.44. The van der Waals surface area contributed by atoms with Crippen molar-refractivity contribution in [2.45, 2.75) is 0 Å². The van der Waals surface area contributed by atoms with Gasteiger partial charge in [0, 0.05) is 0 Å². The molecule has 5 nitrogen and oxygen atoms in total. The fraction of sp³-hybridized carbons (Fsp3) is 0.143. The third-order valence-corrected chi connectivity index (χ3v) is 1.79. The number of benzene rings is 1. The second-order valence-corrected chi connectivity index (χ2v) is 4.45. The van der Waals surface area contributed by atoms with E-state index >= 15 is 0 Å². The number of rotatable bonds is 4. The quantitative estimate of drug-likeness (QED) is 0.491. The molecule has 1 aromatic rings. The van der Waals surface area contributed by atoms with E-state index in [1.807, 2.05) is 0 Å². The third-order valence-electron chi connectivity index (χ3n) is 1.40. The molecule has 0 atom stereocenters. The minimum atomic E-state index is -3.46. The minimum Gasteiger partial charge on any atom is -0.422 e. The maximum Gasteiger partial charge on any atom is 0.509 e. The molecule has 0 saturated carbocycles. The molecule has 76 valence electrons. The van der Waals surface area contributed by atoms with Gasteiger partial charge in [-0.1, -0.05) is 30.3 Å². The summed E-state index contributed by atoms with van der Waals surface area (Å²) in [5.41, 5.74) is 0.476. The Bertz CT molecular complexity index is 380. The van der Waals surface area contributed by atoms with Crippen LogP contribution in [-0.4, -0.2) is 26.8 Å². The molecule has 0 aliphatic heterocycles. The second-order valence-electron chi connectivity index (χ2n) is 2.74. The smallest absolute Gasteiger partial charge is 0.422 e. The van der Waals surface area contributed by atoms with Crippen LogP contribution in [0, 0.1) is 0 Å². The monoisotopic (exact) mass is 215 g/mol. The molecule has 0 unspecified atom stereocenters. The fourth-order valence-corrected chi connectivity index (χ4v) is 1.08. The Labute approximate surface area is 82.9 Å². The summed E-state index contributed by atoms with van der Waals surface area (Å²) in [5, 5.41) is 9.33. The summed E-state index contributed by atoms with van der Waals surface area (Å²) >= 11 is 0. The Balaban J connectivity index is 2.56. The zero-order valence-electron chi connectivity index (χ0n) is 7.54. The van der Waals surface area contributed by atoms with E-state index in [4.69, 9.17) is 0 Å². The first-order chi connectivity index (χ1) is 6.49. The topological polar surface area (TPSA) is 75.6 Å². The van der Waals surface area contributed by atoms with Gasteiger partial charge in [0.05, 0.1) is 6.26 Å². The lowest BCUT2D eigenvalue weighted by Crippen LogP contribution is -2.40. The van der Waals surface area contributed by atoms with Crippen molar-refractivity contribution in [3.05, 3.63) is 30.3 Å². The largest absolute Gasteiger partial charge is 0.509 e. The van der Waals surface area contributed by atoms with Crippen molar-refractivity contribution in [2.24, 2.45) is 0 Å². The lowest BCUT2D eigenvalue weighted by Gasteiger charge is -2.06. The van der Waals surface area contributed by atoms with Crippen LogP contribution in [0.5, 0.6) is 0 Å². The Kier molecular flexibility index (Phi) is 3.65. The molecule has 0 aliphatic carbocycles. The molecule has 1 aromatic carbocycles. The van der Waals surface area contributed by atoms with Crippen molar-refractivity contribution in [1.82, 2.24) is 4.89 Å². The van der Waals surface area contributed by atoms with Gasteiger partial charge >= 0.3 is 7.12 Å². The Hall–Kier alpha value is -0.885. The number of hydrogen-bond donors (Lipinski definition) is 2. The van der Waals surface area contributed by atoms with Crippen molar-refractivity contribution < 1.29 is 18.2 Å². The van der Waals surface area contributed by atoms with E-state index in [0.717, 1.165) is 6.26 Å². The SMILES string of the molecule is CS(=O)(=O)NOB(O)c1ccccc1. The van der Waals surface area contributed by atoms with Gasteiger partial charge in [-0.05, 0) is 5.46 Å². The van der Waals surface area contributed by atoms with Crippen molar-refractivity contribution in [1.29, 1.82) is 0 Å². The van der Waals surface area contributed by atoms with Crippen LogP contribution in [0.25, 0.3) is 0 Å². The van der Waals surface area contributed by atoms with Crippen LogP contribution >= 0.6 is 0 Å². The average molecular weight is 215 g/mol. The lowest BCUT2D eigenvalue weighted by atomic mass is 9.80. The first kappa shape index (κ1) is 11.2. The molecule has 0 amide bonds. The molecule has 0 fully saturated rings. The average Bonchev–Trinajstić information content (AvgIpc) is 2.14. The van der Waals surface area contributed by atoms with Crippen LogP contribution in [0.3, 0.4) is 0 Å². The van der Waals surface area contributed by atoms with Gasteiger partial charge in [0.15, 0.2) is 0 Å². The molecule has 0 aromatic heterocycles. The van der Waals surface area contributed by atoms with E-state index in [9.17, 15) is 13.4 Å². The minimum absolute atomic E-state index is 0.476. The van der Waals surface area contributed by atoms with E-state index in [0.29, 0.717) is 5.46 Å². The highest BCUT2D eigenvalue weighted by molar-refractivity contribution is 7.88. The molecule has 0 radical (unpaired) electrons. The molecule has 0 bridgehead atoms. The van der Waals surface area contributed by atoms with Gasteiger partial charge in [-0.3, -0.25) is 0 Å². The Morgan fingerprint density at radius 2 is 1.93 bits per heavy atom. The number of nitrogens with one attached hydrogen (secondary N) is 1. The van der Waals surface area contributed by atoms with Crippen LogP contribution in [0.4, 0.5) is 0 Å². The molecule has 0 spiro atoms. The summed E-state index contributed by atoms with van der Waals surface area (Å²) in [6.07, 6.45) is 0.935. The molecule has 0 aliphatic rings. The summed E-state index contributed by atoms with van der Waals surface area (Å²) in [5.74, 6) is 0. The summed E-state index contributed by atoms with van der Waals surface area (Å²) in [7, 11) is -4.76. The van der Waals surface area contributed by atoms with E-state index in [2.05, 4.69) is 4.76 Å². The maximum atomic E-state index is 10.6. The predicted octanol–water partition coefficient (Wildman–Crippen LogP) is -1.15. The number of hydrogen-bond acceptors (Lipinski definition) is 4. The molecule has 0 saturated heterocycles. The van der Waals surface area contributed by atoms with Crippen molar-refractivity contribution >= 4 is 22.6 Å². The first-order valence-electron chi connectivity index (χ1n) is 3.84. The molecule has 1 rings (SSSR count). The van der Waals surface area contributed by atoms with Crippen molar-refractivity contribution in [2.75, 3.05) is 6.26 Å². The Morgan fingerprint density at radius 3 is 2.43 bits per heavy atom. The van der Waals surface area contributed by atoms with E-state index in [1.54, 1.807) is 35.2 Å². The molecular weight excluding hydrogens is 205 g/mol. The van der Waals surface area contributed by atoms with Crippen molar-refractivity contribution in [3.8, 4) is 0 Å². The summed E-state index contributed by atoms with van der Waals surface area (Å²) in [4.78, 5) is 1.74. The highest BCUT2D eigenvalue weighted by atomic mass is 32.2. The van der Waals surface area contributed by atoms with Gasteiger partial charge in [0.2, 0.25) is 10.0 Å². The second kappa shape index (κ2) is 4.56. The Morgan fingerprint density at radius 1 is 1.36 bits per heavy atom. The zero-order chi connectivity index (χ0) is 10.6. The van der Waals surface area contributed by atoms with Gasteiger partial charge in [0.1, 0.15) is 0 Å². The highest BCUT2D eigenvalue weighted by Crippen LogP contribution is 1.87. The normalized spacial score (nSPS) is 11.3. The summed E-state index contributed by atoms with van der Waals surface area (Å²) < 4.78 is 25.7. The van der Waals surface area contributed by atoms with E-state index in [-0.39, 0.29) is 0 Å². The summed E-state index contributed by atoms with van der Waals surface area (Å²) in [6.45, 7) is 0. The molecular formula is C7H10BNO4S. The van der Waals surface area contributed by atoms with Crippen LogP contribution < -0.4 is 10.3 Å². The van der Waals surface area contributed by atoms with Gasteiger partial charge < -0.3 is 9.78 Å². The van der Waals surface area contributed by atoms with Crippen LogP contribution in [0.15, 0.2) is 30.3 Å². The highest BCUT2D eigenvalue weighted by Gasteiger charge is 2.17. The number of sulfonamides is 1. The maximum absolute atomic E-state index is 10.6. The predicted molar refractivity (Wildman–Crippen MR) is 53.1 cm³/mol. The van der Waals surface area contributed by atoms with Gasteiger partial charge in [-0.15, -0.1) is 4.89 Å².